The molecule has 9 nitrogen and oxygen atoms in total. The van der Waals surface area contributed by atoms with Gasteiger partial charge in [0, 0.05) is 6.42 Å². The normalized spacial score (nSPS) is 12.4. The molecule has 0 radical (unpaired) electrons. The number of aliphatic hydroxyl groups is 4. The van der Waals surface area contributed by atoms with Crippen LogP contribution >= 0.6 is 0 Å². The van der Waals surface area contributed by atoms with Crippen LogP contribution in [-0.2, 0) is 19.1 Å². The van der Waals surface area contributed by atoms with Crippen LogP contribution < -0.4 is 0 Å². The highest BCUT2D eigenvalue weighted by Gasteiger charge is 2.23. The molecule has 0 saturated heterocycles. The van der Waals surface area contributed by atoms with Gasteiger partial charge in [0.25, 0.3) is 0 Å². The van der Waals surface area contributed by atoms with Crippen LogP contribution in [0.1, 0.15) is 110 Å². The van der Waals surface area contributed by atoms with E-state index in [1.807, 2.05) is 0 Å². The van der Waals surface area contributed by atoms with Crippen molar-refractivity contribution in [1.82, 2.24) is 0 Å². The van der Waals surface area contributed by atoms with E-state index in [2.05, 4.69) is 11.7 Å². The predicted molar refractivity (Wildman–Crippen MR) is 124 cm³/mol. The lowest BCUT2D eigenvalue weighted by molar-refractivity contribution is -0.173. The van der Waals surface area contributed by atoms with Gasteiger partial charge in [0.15, 0.2) is 12.2 Å². The molecule has 9 heteroatoms. The number of hydrogen-bond donors (Lipinski definition) is 5. The molecule has 0 bridgehead atoms. The van der Waals surface area contributed by atoms with Gasteiger partial charge >= 0.3 is 17.9 Å². The van der Waals surface area contributed by atoms with Crippen molar-refractivity contribution in [3.63, 3.8) is 0 Å². The molecule has 0 fully saturated rings. The van der Waals surface area contributed by atoms with Crippen molar-refractivity contribution < 1.29 is 44.7 Å². The van der Waals surface area contributed by atoms with E-state index < -0.39 is 43.3 Å². The number of aliphatic carboxylic acids is 1. The van der Waals surface area contributed by atoms with E-state index in [1.165, 1.54) is 83.5 Å². The number of unbranched alkanes of at least 4 members (excludes halogenated alkanes) is 14. The van der Waals surface area contributed by atoms with E-state index in [-0.39, 0.29) is 0 Å². The van der Waals surface area contributed by atoms with E-state index >= 15 is 0 Å². The molecule has 0 aliphatic heterocycles. The summed E-state index contributed by atoms with van der Waals surface area (Å²) in [5.74, 6) is -3.40. The Balaban J connectivity index is 0. The van der Waals surface area contributed by atoms with Crippen LogP contribution in [0.25, 0.3) is 0 Å². The summed E-state index contributed by atoms with van der Waals surface area (Å²) in [5, 5.41) is 42.2. The van der Waals surface area contributed by atoms with Gasteiger partial charge in [0.2, 0.25) is 0 Å². The minimum atomic E-state index is -1.82. The Kier molecular flexibility index (Phi) is 25.6. The molecule has 33 heavy (non-hydrogen) atoms. The number of aliphatic hydroxyl groups excluding tert-OH is 4. The maximum absolute atomic E-state index is 10.6. The van der Waals surface area contributed by atoms with Gasteiger partial charge in [-0.2, -0.15) is 0 Å². The first-order valence-electron chi connectivity index (χ1n) is 12.3. The lowest BCUT2D eigenvalue weighted by atomic mass is 10.0. The van der Waals surface area contributed by atoms with E-state index in [9.17, 15) is 14.4 Å². The Bertz CT molecular complexity index is 463. The van der Waals surface area contributed by atoms with Crippen molar-refractivity contribution in [2.75, 3.05) is 13.2 Å². The smallest absolute Gasteiger partial charge is 0.345 e. The number of carboxylic acids is 1. The van der Waals surface area contributed by atoms with Crippen molar-refractivity contribution in [2.45, 2.75) is 122 Å². The van der Waals surface area contributed by atoms with Crippen molar-refractivity contribution in [1.29, 1.82) is 0 Å². The quantitative estimate of drug-likeness (QED) is 0.101. The molecule has 5 N–H and O–H groups in total. The third-order valence-corrected chi connectivity index (χ3v) is 5.09. The summed E-state index contributed by atoms with van der Waals surface area (Å²) in [6, 6.07) is 0. The van der Waals surface area contributed by atoms with Crippen LogP contribution in [-0.4, -0.2) is 68.9 Å². The number of ether oxygens (including phenoxy) is 1. The number of esters is 2. The molecule has 0 aliphatic rings. The summed E-state index contributed by atoms with van der Waals surface area (Å²) in [7, 11) is 0. The summed E-state index contributed by atoms with van der Waals surface area (Å²) >= 11 is 0. The van der Waals surface area contributed by atoms with Gasteiger partial charge < -0.3 is 30.3 Å². The largest absolute Gasteiger partial charge is 0.481 e. The van der Waals surface area contributed by atoms with Crippen LogP contribution in [0.2, 0.25) is 0 Å². The summed E-state index contributed by atoms with van der Waals surface area (Å²) in [6.07, 6.45) is 16.6. The molecule has 196 valence electrons. The van der Waals surface area contributed by atoms with Gasteiger partial charge in [-0.1, -0.05) is 96.8 Å². The molecular weight excluding hydrogens is 432 g/mol. The third-order valence-electron chi connectivity index (χ3n) is 5.09. The molecule has 2 unspecified atom stereocenters. The minimum Gasteiger partial charge on any atom is -0.481 e. The van der Waals surface area contributed by atoms with Gasteiger partial charge in [0.1, 0.15) is 0 Å². The lowest BCUT2D eigenvalue weighted by Gasteiger charge is -2.08. The third kappa shape index (κ3) is 24.9. The summed E-state index contributed by atoms with van der Waals surface area (Å²) in [5.41, 5.74) is 0. The number of carboxylic acid groups (broad SMARTS) is 1. The summed E-state index contributed by atoms with van der Waals surface area (Å²) in [4.78, 5) is 31.5. The Morgan fingerprint density at radius 2 is 0.909 bits per heavy atom. The SMILES string of the molecule is CCCCCCCCCCCCCCCCCC(=O)O.O=C(OC(=O)C(O)CO)C(O)CO. The first kappa shape index (κ1) is 33.6. The molecule has 0 rings (SSSR count). The summed E-state index contributed by atoms with van der Waals surface area (Å²) < 4.78 is 3.86. The molecule has 0 heterocycles. The fraction of sp³-hybridized carbons (Fsp3) is 0.875. The number of rotatable bonds is 20. The van der Waals surface area contributed by atoms with Gasteiger partial charge in [0.05, 0.1) is 13.2 Å². The van der Waals surface area contributed by atoms with E-state index in [4.69, 9.17) is 25.5 Å². The molecule has 0 saturated carbocycles. The average Bonchev–Trinajstić information content (AvgIpc) is 2.80. The maximum atomic E-state index is 10.6. The second-order valence-corrected chi connectivity index (χ2v) is 8.23. The van der Waals surface area contributed by atoms with E-state index in [0.29, 0.717) is 6.42 Å². The first-order valence-corrected chi connectivity index (χ1v) is 12.3. The highest BCUT2D eigenvalue weighted by Crippen LogP contribution is 2.13. The van der Waals surface area contributed by atoms with Crippen molar-refractivity contribution in [3.05, 3.63) is 0 Å². The maximum Gasteiger partial charge on any atom is 0.345 e. The molecule has 0 amide bonds. The monoisotopic (exact) mass is 478 g/mol. The molecule has 0 aromatic rings. The Morgan fingerprint density at radius 3 is 1.18 bits per heavy atom. The van der Waals surface area contributed by atoms with Crippen LogP contribution in [0.15, 0.2) is 0 Å². The van der Waals surface area contributed by atoms with Gasteiger partial charge in [-0.05, 0) is 6.42 Å². The second-order valence-electron chi connectivity index (χ2n) is 8.23. The highest BCUT2D eigenvalue weighted by atomic mass is 16.6. The molecule has 0 aromatic carbocycles. The van der Waals surface area contributed by atoms with Crippen LogP contribution in [0.3, 0.4) is 0 Å². The zero-order valence-electron chi connectivity index (χ0n) is 20.3. The number of hydrogen-bond acceptors (Lipinski definition) is 8. The van der Waals surface area contributed by atoms with Crippen LogP contribution in [0.5, 0.6) is 0 Å². The standard InChI is InChI=1S/C18H36O2.C6H10O7/c1-2-3-4-5-6-7-8-9-10-11-12-13-14-15-16-17-18(19)20;7-1-3(9)5(11)13-6(12)4(10)2-8/h2-17H2,1H3,(H,19,20);3-4,7-10H,1-2H2. The molecule has 0 aromatic heterocycles. The topological polar surface area (TPSA) is 162 Å². The van der Waals surface area contributed by atoms with Gasteiger partial charge in [-0.25, -0.2) is 9.59 Å². The van der Waals surface area contributed by atoms with Crippen LogP contribution in [0.4, 0.5) is 0 Å². The lowest BCUT2D eigenvalue weighted by Crippen LogP contribution is -2.34. The van der Waals surface area contributed by atoms with Crippen molar-refractivity contribution >= 4 is 17.9 Å². The molecular formula is C24H46O9. The first-order chi connectivity index (χ1) is 15.8. The van der Waals surface area contributed by atoms with Gasteiger partial charge in [-0.15, -0.1) is 0 Å². The fourth-order valence-electron chi connectivity index (χ4n) is 3.03. The Hall–Kier alpha value is -1.55. The number of carbonyl (C=O) groups excluding carboxylic acids is 2. The summed E-state index contributed by atoms with van der Waals surface area (Å²) in [6.45, 7) is 0.495. The van der Waals surface area contributed by atoms with Gasteiger partial charge in [-0.3, -0.25) is 4.79 Å². The molecule has 2 atom stereocenters. The van der Waals surface area contributed by atoms with E-state index in [0.717, 1.165) is 12.8 Å². The van der Waals surface area contributed by atoms with Crippen molar-refractivity contribution in [3.8, 4) is 0 Å². The Morgan fingerprint density at radius 1 is 0.606 bits per heavy atom. The van der Waals surface area contributed by atoms with E-state index in [1.54, 1.807) is 0 Å². The van der Waals surface area contributed by atoms with Crippen molar-refractivity contribution in [2.24, 2.45) is 0 Å². The zero-order chi connectivity index (χ0) is 25.3. The molecule has 0 spiro atoms. The fourth-order valence-corrected chi connectivity index (χ4v) is 3.03. The second kappa shape index (κ2) is 25.1. The minimum absolute atomic E-state index is 0.345. The molecule has 0 aliphatic carbocycles. The average molecular weight is 479 g/mol. The predicted octanol–water partition coefficient (Wildman–Crippen LogP) is 3.10. The highest BCUT2D eigenvalue weighted by molar-refractivity contribution is 5.89. The Labute approximate surface area is 198 Å². The van der Waals surface area contributed by atoms with Crippen LogP contribution in [0, 0.1) is 0 Å². The zero-order valence-corrected chi connectivity index (χ0v) is 20.3. The number of carbonyl (C=O) groups is 3.